The number of ketones is 1. The first kappa shape index (κ1) is 13.7. The standard InChI is InChI=1S/C17H13ClO3/c1-10-14-9-12(18)6-7-15(14)21-17(10)16(19)11-4-3-5-13(8-11)20-2/h3-9H,1-2H3. The van der Waals surface area contributed by atoms with Crippen LogP contribution in [0, 0.1) is 6.92 Å². The third kappa shape index (κ3) is 2.41. The van der Waals surface area contributed by atoms with Crippen LogP contribution in [0.3, 0.4) is 0 Å². The molecule has 0 unspecified atom stereocenters. The zero-order chi connectivity index (χ0) is 15.0. The molecule has 0 aliphatic carbocycles. The highest BCUT2D eigenvalue weighted by Crippen LogP contribution is 2.29. The van der Waals surface area contributed by atoms with Gasteiger partial charge in [0.05, 0.1) is 7.11 Å². The number of carbonyl (C=O) groups excluding carboxylic acids is 1. The molecule has 2 aromatic carbocycles. The molecule has 0 bridgehead atoms. The first-order valence-electron chi connectivity index (χ1n) is 6.47. The van der Waals surface area contributed by atoms with Crippen molar-refractivity contribution in [1.29, 1.82) is 0 Å². The average molecular weight is 301 g/mol. The van der Waals surface area contributed by atoms with Crippen LogP contribution in [-0.2, 0) is 0 Å². The lowest BCUT2D eigenvalue weighted by Gasteiger charge is -2.02. The Hall–Kier alpha value is -2.26. The summed E-state index contributed by atoms with van der Waals surface area (Å²) >= 11 is 5.99. The number of aryl methyl sites for hydroxylation is 1. The summed E-state index contributed by atoms with van der Waals surface area (Å²) in [6.45, 7) is 1.86. The quantitative estimate of drug-likeness (QED) is 0.662. The molecule has 0 fully saturated rings. The van der Waals surface area contributed by atoms with E-state index >= 15 is 0 Å². The number of methoxy groups -OCH3 is 1. The molecule has 1 aromatic heterocycles. The third-order valence-electron chi connectivity index (χ3n) is 3.44. The van der Waals surface area contributed by atoms with E-state index in [1.165, 1.54) is 0 Å². The zero-order valence-electron chi connectivity index (χ0n) is 11.6. The number of ether oxygens (including phenoxy) is 1. The molecule has 0 aliphatic rings. The van der Waals surface area contributed by atoms with Gasteiger partial charge in [-0.25, -0.2) is 0 Å². The fourth-order valence-corrected chi connectivity index (χ4v) is 2.48. The van der Waals surface area contributed by atoms with Crippen molar-refractivity contribution < 1.29 is 13.9 Å². The van der Waals surface area contributed by atoms with Crippen LogP contribution in [0.1, 0.15) is 21.7 Å². The summed E-state index contributed by atoms with van der Waals surface area (Å²) in [6, 6.07) is 12.3. The van der Waals surface area contributed by atoms with Crippen molar-refractivity contribution in [3.63, 3.8) is 0 Å². The van der Waals surface area contributed by atoms with Gasteiger partial charge in [0, 0.05) is 21.5 Å². The Morgan fingerprint density at radius 3 is 2.76 bits per heavy atom. The highest BCUT2D eigenvalue weighted by Gasteiger charge is 2.19. The van der Waals surface area contributed by atoms with Gasteiger partial charge in [0.25, 0.3) is 0 Å². The maximum absolute atomic E-state index is 12.6. The van der Waals surface area contributed by atoms with E-state index in [2.05, 4.69) is 0 Å². The van der Waals surface area contributed by atoms with Crippen LogP contribution in [0.25, 0.3) is 11.0 Å². The van der Waals surface area contributed by atoms with Crippen molar-refractivity contribution in [3.8, 4) is 5.75 Å². The highest BCUT2D eigenvalue weighted by molar-refractivity contribution is 6.31. The van der Waals surface area contributed by atoms with Crippen LogP contribution in [0.4, 0.5) is 0 Å². The molecule has 106 valence electrons. The van der Waals surface area contributed by atoms with Crippen LogP contribution in [-0.4, -0.2) is 12.9 Å². The van der Waals surface area contributed by atoms with Crippen molar-refractivity contribution in [2.75, 3.05) is 7.11 Å². The predicted octanol–water partition coefficient (Wildman–Crippen LogP) is 4.63. The second kappa shape index (κ2) is 5.26. The minimum absolute atomic E-state index is 0.168. The van der Waals surface area contributed by atoms with E-state index in [4.69, 9.17) is 20.8 Å². The van der Waals surface area contributed by atoms with Crippen molar-refractivity contribution >= 4 is 28.4 Å². The number of carbonyl (C=O) groups is 1. The topological polar surface area (TPSA) is 39.4 Å². The van der Waals surface area contributed by atoms with E-state index in [1.54, 1.807) is 49.6 Å². The summed E-state index contributed by atoms with van der Waals surface area (Å²) in [7, 11) is 1.57. The molecule has 3 rings (SSSR count). The van der Waals surface area contributed by atoms with Crippen molar-refractivity contribution in [1.82, 2.24) is 0 Å². The van der Waals surface area contributed by atoms with Crippen LogP contribution in [0.2, 0.25) is 5.02 Å². The number of hydrogen-bond donors (Lipinski definition) is 0. The summed E-state index contributed by atoms with van der Waals surface area (Å²) in [5.74, 6) is 0.803. The fraction of sp³-hybridized carbons (Fsp3) is 0.118. The van der Waals surface area contributed by atoms with Crippen LogP contribution < -0.4 is 4.74 Å². The molecule has 0 radical (unpaired) electrons. The molecule has 0 atom stereocenters. The molecule has 0 spiro atoms. The average Bonchev–Trinajstić information content (AvgIpc) is 2.83. The second-order valence-electron chi connectivity index (χ2n) is 4.76. The predicted molar refractivity (Wildman–Crippen MR) is 82.4 cm³/mol. The van der Waals surface area contributed by atoms with Gasteiger partial charge in [-0.05, 0) is 37.3 Å². The van der Waals surface area contributed by atoms with Gasteiger partial charge in [-0.15, -0.1) is 0 Å². The summed E-state index contributed by atoms with van der Waals surface area (Å²) in [5, 5.41) is 1.47. The largest absolute Gasteiger partial charge is 0.497 e. The van der Waals surface area contributed by atoms with E-state index in [9.17, 15) is 4.79 Å². The molecule has 21 heavy (non-hydrogen) atoms. The van der Waals surface area contributed by atoms with Crippen molar-refractivity contribution in [2.24, 2.45) is 0 Å². The lowest BCUT2D eigenvalue weighted by molar-refractivity contribution is 0.101. The minimum atomic E-state index is -0.168. The highest BCUT2D eigenvalue weighted by atomic mass is 35.5. The van der Waals surface area contributed by atoms with E-state index < -0.39 is 0 Å². The van der Waals surface area contributed by atoms with Gasteiger partial charge >= 0.3 is 0 Å². The Balaban J connectivity index is 2.11. The van der Waals surface area contributed by atoms with E-state index in [0.717, 1.165) is 10.9 Å². The Labute approximate surface area is 127 Å². The molecule has 3 aromatic rings. The van der Waals surface area contributed by atoms with Crippen LogP contribution in [0.5, 0.6) is 5.75 Å². The summed E-state index contributed by atoms with van der Waals surface area (Å²) in [6.07, 6.45) is 0. The van der Waals surface area contributed by atoms with Crippen LogP contribution >= 0.6 is 11.6 Å². The Kier molecular flexibility index (Phi) is 3.43. The lowest BCUT2D eigenvalue weighted by Crippen LogP contribution is -2.01. The molecular formula is C17H13ClO3. The molecule has 1 heterocycles. The van der Waals surface area contributed by atoms with Gasteiger partial charge in [-0.2, -0.15) is 0 Å². The van der Waals surface area contributed by atoms with Gasteiger partial charge in [-0.1, -0.05) is 23.7 Å². The van der Waals surface area contributed by atoms with Crippen LogP contribution in [0.15, 0.2) is 46.9 Å². The maximum Gasteiger partial charge on any atom is 0.228 e. The summed E-state index contributed by atoms with van der Waals surface area (Å²) in [4.78, 5) is 12.6. The molecule has 3 nitrogen and oxygen atoms in total. The summed E-state index contributed by atoms with van der Waals surface area (Å²) < 4.78 is 10.8. The van der Waals surface area contributed by atoms with Gasteiger partial charge in [0.2, 0.25) is 5.78 Å². The molecule has 0 N–H and O–H groups in total. The fourth-order valence-electron chi connectivity index (χ4n) is 2.31. The Bertz CT molecular complexity index is 833. The van der Waals surface area contributed by atoms with E-state index in [0.29, 0.717) is 27.7 Å². The van der Waals surface area contributed by atoms with E-state index in [-0.39, 0.29) is 5.78 Å². The number of hydrogen-bond acceptors (Lipinski definition) is 3. The smallest absolute Gasteiger partial charge is 0.228 e. The number of benzene rings is 2. The van der Waals surface area contributed by atoms with Gasteiger partial charge in [-0.3, -0.25) is 4.79 Å². The van der Waals surface area contributed by atoms with Crippen molar-refractivity contribution in [2.45, 2.75) is 6.92 Å². The van der Waals surface area contributed by atoms with Crippen molar-refractivity contribution in [3.05, 3.63) is 64.4 Å². The van der Waals surface area contributed by atoms with Gasteiger partial charge in [0.15, 0.2) is 5.76 Å². The number of fused-ring (bicyclic) bond motifs is 1. The summed E-state index contributed by atoms with van der Waals surface area (Å²) in [5.41, 5.74) is 1.98. The molecule has 0 saturated carbocycles. The van der Waals surface area contributed by atoms with Gasteiger partial charge in [0.1, 0.15) is 11.3 Å². The number of halogens is 1. The molecule has 0 amide bonds. The second-order valence-corrected chi connectivity index (χ2v) is 5.19. The first-order valence-corrected chi connectivity index (χ1v) is 6.85. The number of rotatable bonds is 3. The third-order valence-corrected chi connectivity index (χ3v) is 3.67. The van der Waals surface area contributed by atoms with Gasteiger partial charge < -0.3 is 9.15 Å². The molecular weight excluding hydrogens is 288 g/mol. The zero-order valence-corrected chi connectivity index (χ0v) is 12.4. The minimum Gasteiger partial charge on any atom is -0.497 e. The number of furan rings is 1. The molecule has 4 heteroatoms. The first-order chi connectivity index (χ1) is 10.1. The lowest BCUT2D eigenvalue weighted by atomic mass is 10.0. The SMILES string of the molecule is COc1cccc(C(=O)c2oc3ccc(Cl)cc3c2C)c1. The Morgan fingerprint density at radius 1 is 1.19 bits per heavy atom. The normalized spacial score (nSPS) is 10.8. The molecule has 0 saturated heterocycles. The maximum atomic E-state index is 12.6. The Morgan fingerprint density at radius 2 is 2.00 bits per heavy atom. The monoisotopic (exact) mass is 300 g/mol. The van der Waals surface area contributed by atoms with E-state index in [1.807, 2.05) is 6.92 Å². The molecule has 0 aliphatic heterocycles.